The molecule has 0 spiro atoms. The Morgan fingerprint density at radius 1 is 1.33 bits per heavy atom. The number of hydrogen-bond acceptors (Lipinski definition) is 7. The number of likely N-dealkylation sites (N-methyl/N-ethyl adjacent to an activating group) is 1. The molecule has 0 bridgehead atoms. The van der Waals surface area contributed by atoms with Crippen molar-refractivity contribution in [3.63, 3.8) is 0 Å². The van der Waals surface area contributed by atoms with E-state index in [-0.39, 0.29) is 17.9 Å². The minimum Gasteiger partial charge on any atom is -0.379 e. The topological polar surface area (TPSA) is 84.6 Å². The van der Waals surface area contributed by atoms with Crippen molar-refractivity contribution < 1.29 is 14.1 Å². The first-order valence-electron chi connectivity index (χ1n) is 9.35. The van der Waals surface area contributed by atoms with Gasteiger partial charge in [-0.1, -0.05) is 25.1 Å². The Bertz CT molecular complexity index is 728. The summed E-state index contributed by atoms with van der Waals surface area (Å²) in [4.78, 5) is 25.7. The van der Waals surface area contributed by atoms with Gasteiger partial charge in [0.25, 0.3) is 0 Å². The van der Waals surface area contributed by atoms with E-state index in [1.54, 1.807) is 17.3 Å². The molecule has 8 nitrogen and oxygen atoms in total. The minimum atomic E-state index is -0.357. The van der Waals surface area contributed by atoms with E-state index in [9.17, 15) is 4.79 Å². The fraction of sp³-hybridized carbons (Fsp3) is 0.579. The smallest absolute Gasteiger partial charge is 0.244 e. The molecule has 3 heterocycles. The van der Waals surface area contributed by atoms with E-state index in [0.717, 1.165) is 18.7 Å². The van der Waals surface area contributed by atoms with Gasteiger partial charge in [0.15, 0.2) is 5.82 Å². The number of amides is 1. The average molecular weight is 373 g/mol. The lowest BCUT2D eigenvalue weighted by atomic mass is 10.1. The number of morpholine rings is 1. The third-order valence-electron chi connectivity index (χ3n) is 4.67. The highest BCUT2D eigenvalue weighted by atomic mass is 16.5. The molecule has 1 atom stereocenters. The fourth-order valence-corrected chi connectivity index (χ4v) is 3.07. The molecule has 8 heteroatoms. The van der Waals surface area contributed by atoms with Gasteiger partial charge in [0.05, 0.1) is 13.2 Å². The molecule has 146 valence electrons. The van der Waals surface area contributed by atoms with E-state index in [4.69, 9.17) is 9.26 Å². The predicted octanol–water partition coefficient (Wildman–Crippen LogP) is 1.66. The van der Waals surface area contributed by atoms with Crippen LogP contribution in [0.3, 0.4) is 0 Å². The molecular weight excluding hydrogens is 346 g/mol. The molecule has 1 fully saturated rings. The molecule has 1 aliphatic rings. The van der Waals surface area contributed by atoms with Gasteiger partial charge in [0, 0.05) is 51.4 Å². The van der Waals surface area contributed by atoms with Gasteiger partial charge >= 0.3 is 0 Å². The van der Waals surface area contributed by atoms with Gasteiger partial charge in [-0.25, -0.2) is 0 Å². The summed E-state index contributed by atoms with van der Waals surface area (Å²) in [5, 5.41) is 4.00. The molecule has 0 aromatic carbocycles. The Morgan fingerprint density at radius 2 is 2.11 bits per heavy atom. The summed E-state index contributed by atoms with van der Waals surface area (Å²) in [5.41, 5.74) is 0.901. The van der Waals surface area contributed by atoms with Crippen LogP contribution in [0, 0.1) is 0 Å². The number of carbonyl (C=O) groups excluding carboxylic acids is 1. The van der Waals surface area contributed by atoms with Crippen LogP contribution in [0.4, 0.5) is 0 Å². The van der Waals surface area contributed by atoms with Crippen molar-refractivity contribution >= 4 is 5.91 Å². The van der Waals surface area contributed by atoms with E-state index in [2.05, 4.69) is 20.0 Å². The van der Waals surface area contributed by atoms with Crippen LogP contribution in [-0.2, 0) is 16.0 Å². The SMILES string of the molecule is CC(C)c1nc(CCN(C)C(=O)[C@H](c2cccnc2)N2CCOCC2)no1. The quantitative estimate of drug-likeness (QED) is 0.730. The van der Waals surface area contributed by atoms with E-state index in [1.807, 2.05) is 33.0 Å². The Hall–Kier alpha value is -2.32. The Morgan fingerprint density at radius 3 is 2.74 bits per heavy atom. The number of rotatable bonds is 7. The van der Waals surface area contributed by atoms with Gasteiger partial charge in [-0.2, -0.15) is 4.98 Å². The monoisotopic (exact) mass is 373 g/mol. The van der Waals surface area contributed by atoms with Crippen LogP contribution in [0.25, 0.3) is 0 Å². The van der Waals surface area contributed by atoms with Crippen LogP contribution in [0.2, 0.25) is 0 Å². The van der Waals surface area contributed by atoms with E-state index < -0.39 is 0 Å². The maximum absolute atomic E-state index is 13.2. The van der Waals surface area contributed by atoms with Gasteiger partial charge < -0.3 is 14.2 Å². The summed E-state index contributed by atoms with van der Waals surface area (Å²) in [6.45, 7) is 7.26. The number of pyridine rings is 1. The minimum absolute atomic E-state index is 0.0393. The summed E-state index contributed by atoms with van der Waals surface area (Å²) in [5.74, 6) is 1.49. The molecule has 1 aliphatic heterocycles. The first-order valence-corrected chi connectivity index (χ1v) is 9.35. The second-order valence-corrected chi connectivity index (χ2v) is 7.05. The summed E-state index contributed by atoms with van der Waals surface area (Å²) >= 11 is 0. The van der Waals surface area contributed by atoms with Crippen molar-refractivity contribution in [2.24, 2.45) is 0 Å². The molecule has 2 aromatic rings. The van der Waals surface area contributed by atoms with Crippen molar-refractivity contribution in [2.75, 3.05) is 39.9 Å². The average Bonchev–Trinajstić information content (AvgIpc) is 3.17. The molecule has 0 unspecified atom stereocenters. The third-order valence-corrected chi connectivity index (χ3v) is 4.67. The lowest BCUT2D eigenvalue weighted by Gasteiger charge is -2.35. The Kier molecular flexibility index (Phi) is 6.52. The van der Waals surface area contributed by atoms with Crippen molar-refractivity contribution in [3.05, 3.63) is 41.8 Å². The molecule has 3 rings (SSSR count). The molecule has 27 heavy (non-hydrogen) atoms. The number of nitrogens with zero attached hydrogens (tertiary/aromatic N) is 5. The van der Waals surface area contributed by atoms with Crippen molar-refractivity contribution in [2.45, 2.75) is 32.2 Å². The lowest BCUT2D eigenvalue weighted by Crippen LogP contribution is -2.46. The number of hydrogen-bond donors (Lipinski definition) is 0. The summed E-state index contributed by atoms with van der Waals surface area (Å²) in [6.07, 6.45) is 4.04. The van der Waals surface area contributed by atoms with Crippen LogP contribution >= 0.6 is 0 Å². The second kappa shape index (κ2) is 9.05. The van der Waals surface area contributed by atoms with E-state index in [0.29, 0.717) is 37.9 Å². The largest absolute Gasteiger partial charge is 0.379 e. The summed E-state index contributed by atoms with van der Waals surface area (Å²) < 4.78 is 10.7. The van der Waals surface area contributed by atoms with Crippen LogP contribution in [-0.4, -0.2) is 70.7 Å². The number of carbonyl (C=O) groups is 1. The Balaban J connectivity index is 1.68. The van der Waals surface area contributed by atoms with Gasteiger partial charge in [-0.3, -0.25) is 14.7 Å². The zero-order chi connectivity index (χ0) is 19.2. The predicted molar refractivity (Wildman–Crippen MR) is 99.1 cm³/mol. The molecule has 0 N–H and O–H groups in total. The highest BCUT2D eigenvalue weighted by Gasteiger charge is 2.31. The Labute approximate surface area is 159 Å². The third kappa shape index (κ3) is 4.90. The molecule has 1 amide bonds. The fourth-order valence-electron chi connectivity index (χ4n) is 3.07. The molecule has 2 aromatic heterocycles. The first kappa shape index (κ1) is 19.4. The summed E-state index contributed by atoms with van der Waals surface area (Å²) in [7, 11) is 1.82. The van der Waals surface area contributed by atoms with E-state index >= 15 is 0 Å². The van der Waals surface area contributed by atoms with Gasteiger partial charge in [0.1, 0.15) is 6.04 Å². The molecule has 0 saturated carbocycles. The second-order valence-electron chi connectivity index (χ2n) is 7.05. The highest BCUT2D eigenvalue weighted by Crippen LogP contribution is 2.23. The zero-order valence-corrected chi connectivity index (χ0v) is 16.2. The van der Waals surface area contributed by atoms with Crippen molar-refractivity contribution in [3.8, 4) is 0 Å². The maximum Gasteiger partial charge on any atom is 0.244 e. The van der Waals surface area contributed by atoms with Crippen LogP contribution in [0.15, 0.2) is 29.0 Å². The molecule has 0 aliphatic carbocycles. The molecule has 0 radical (unpaired) electrons. The van der Waals surface area contributed by atoms with Crippen LogP contribution in [0.1, 0.15) is 43.1 Å². The molecule has 1 saturated heterocycles. The standard InChI is InChI=1S/C19H27N5O3/c1-14(2)18-21-16(22-27-18)6-8-23(3)19(25)17(15-5-4-7-20-13-15)24-9-11-26-12-10-24/h4-5,7,13-14,17H,6,8-12H2,1-3H3/t17-/m0/s1. The van der Waals surface area contributed by atoms with Gasteiger partial charge in [-0.05, 0) is 11.6 Å². The van der Waals surface area contributed by atoms with Gasteiger partial charge in [0.2, 0.25) is 11.8 Å². The normalized spacial score (nSPS) is 16.4. The summed E-state index contributed by atoms with van der Waals surface area (Å²) in [6, 6.07) is 3.46. The van der Waals surface area contributed by atoms with E-state index in [1.165, 1.54) is 0 Å². The highest BCUT2D eigenvalue weighted by molar-refractivity contribution is 5.83. The zero-order valence-electron chi connectivity index (χ0n) is 16.2. The lowest BCUT2D eigenvalue weighted by molar-refractivity contribution is -0.137. The van der Waals surface area contributed by atoms with Gasteiger partial charge in [-0.15, -0.1) is 0 Å². The number of ether oxygens (including phenoxy) is 1. The molecular formula is C19H27N5O3. The maximum atomic E-state index is 13.2. The van der Waals surface area contributed by atoms with Crippen molar-refractivity contribution in [1.29, 1.82) is 0 Å². The number of aromatic nitrogens is 3. The first-order chi connectivity index (χ1) is 13.1. The van der Waals surface area contributed by atoms with Crippen molar-refractivity contribution in [1.82, 2.24) is 24.9 Å². The van der Waals surface area contributed by atoms with Crippen LogP contribution in [0.5, 0.6) is 0 Å². The van der Waals surface area contributed by atoms with Crippen LogP contribution < -0.4 is 0 Å².